The van der Waals surface area contributed by atoms with Gasteiger partial charge in [-0.3, -0.25) is 24.7 Å². The van der Waals surface area contributed by atoms with Crippen molar-refractivity contribution in [2.45, 2.75) is 126 Å². The maximum Gasteiger partial charge on any atom is 0.293 e. The first-order valence-electron chi connectivity index (χ1n) is 30.6. The van der Waals surface area contributed by atoms with Gasteiger partial charge in [-0.05, 0) is 158 Å². The molecule has 1 spiro atoms. The number of methoxy groups -OCH3 is 1. The minimum absolute atomic E-state index is 0.109. The van der Waals surface area contributed by atoms with Gasteiger partial charge in [0.15, 0.2) is 11.6 Å². The second kappa shape index (κ2) is 23.8. The molecule has 2 saturated carbocycles. The van der Waals surface area contributed by atoms with E-state index in [9.17, 15) is 28.4 Å². The van der Waals surface area contributed by atoms with Crippen LogP contribution in [0.2, 0.25) is 0 Å². The molecule has 13 rings (SSSR count). The first-order valence-corrected chi connectivity index (χ1v) is 33.1. The van der Waals surface area contributed by atoms with Crippen molar-refractivity contribution in [1.82, 2.24) is 29.5 Å². The number of amides is 1. The largest absolute Gasteiger partial charge is 0.493 e. The van der Waals surface area contributed by atoms with Crippen molar-refractivity contribution in [3.05, 3.63) is 110 Å². The molecule has 4 saturated heterocycles. The quantitative estimate of drug-likeness (QED) is 0.0522. The Kier molecular flexibility index (Phi) is 16.2. The number of fused-ring (bicyclic) bond motifs is 3. The maximum absolute atomic E-state index is 14.9. The molecule has 2 aromatic carbocycles. The van der Waals surface area contributed by atoms with Gasteiger partial charge in [0.05, 0.1) is 59.6 Å². The van der Waals surface area contributed by atoms with Gasteiger partial charge in [-0.15, -0.1) is 0 Å². The number of nitrogens with zero attached hydrogens (tertiary/aromatic N) is 8. The molecule has 0 bridgehead atoms. The van der Waals surface area contributed by atoms with Crippen molar-refractivity contribution in [3.8, 4) is 11.6 Å². The van der Waals surface area contributed by atoms with Crippen LogP contribution in [-0.2, 0) is 26.0 Å². The van der Waals surface area contributed by atoms with Crippen LogP contribution in [0.25, 0.3) is 11.0 Å². The van der Waals surface area contributed by atoms with E-state index < -0.39 is 43.1 Å². The minimum atomic E-state index is -4.65. The van der Waals surface area contributed by atoms with Crippen LogP contribution in [0.3, 0.4) is 0 Å². The first-order chi connectivity index (χ1) is 41.5. The molecule has 0 unspecified atom stereocenters. The fourth-order valence-corrected chi connectivity index (χ4v) is 16.7. The van der Waals surface area contributed by atoms with E-state index in [-0.39, 0.29) is 34.7 Å². The molecular weight excluding hydrogens is 1130 g/mol. The minimum Gasteiger partial charge on any atom is -0.493 e. The highest BCUT2D eigenvalue weighted by atomic mass is 32.2. The number of morpholine rings is 1. The van der Waals surface area contributed by atoms with Gasteiger partial charge in [0.1, 0.15) is 23.1 Å². The summed E-state index contributed by atoms with van der Waals surface area (Å²) in [4.78, 5) is 51.4. The van der Waals surface area contributed by atoms with Gasteiger partial charge in [0.2, 0.25) is 5.88 Å². The van der Waals surface area contributed by atoms with Crippen molar-refractivity contribution in [3.63, 3.8) is 0 Å². The third-order valence-corrected chi connectivity index (χ3v) is 21.7. The number of ether oxygens (including phenoxy) is 4. The number of thiophene rings is 1. The van der Waals surface area contributed by atoms with Gasteiger partial charge in [0.25, 0.3) is 21.6 Å². The summed E-state index contributed by atoms with van der Waals surface area (Å²) in [5.74, 6) is 1.77. The predicted molar refractivity (Wildman–Crippen MR) is 331 cm³/mol. The highest BCUT2D eigenvalue weighted by Gasteiger charge is 2.51. The smallest absolute Gasteiger partial charge is 0.293 e. The number of rotatable bonds is 16. The molecule has 86 heavy (non-hydrogen) atoms. The lowest BCUT2D eigenvalue weighted by atomic mass is 9.59. The van der Waals surface area contributed by atoms with E-state index in [1.807, 2.05) is 54.9 Å². The summed E-state index contributed by atoms with van der Waals surface area (Å²) in [7, 11) is -2.92. The molecule has 21 nitrogen and oxygen atoms in total. The van der Waals surface area contributed by atoms with Crippen LogP contribution in [0.4, 0.5) is 34.3 Å². The van der Waals surface area contributed by atoms with E-state index in [4.69, 9.17) is 28.9 Å². The monoisotopic (exact) mass is 1210 g/mol. The van der Waals surface area contributed by atoms with Crippen molar-refractivity contribution in [2.75, 3.05) is 106 Å². The van der Waals surface area contributed by atoms with Gasteiger partial charge < -0.3 is 49.1 Å². The number of nitro groups is 1. The normalized spacial score (nSPS) is 24.7. The number of aromatic amines is 1. The average molecular weight is 1210 g/mol. The van der Waals surface area contributed by atoms with E-state index in [0.29, 0.717) is 87.1 Å². The Morgan fingerprint density at radius 1 is 0.942 bits per heavy atom. The first kappa shape index (κ1) is 58.4. The van der Waals surface area contributed by atoms with Crippen LogP contribution < -0.4 is 34.2 Å². The van der Waals surface area contributed by atoms with Gasteiger partial charge in [-0.1, -0.05) is 13.8 Å². The Morgan fingerprint density at radius 3 is 2.51 bits per heavy atom. The Balaban J connectivity index is 0.739. The number of nitrogens with one attached hydrogen (secondary N) is 3. The number of hydrogen-bond acceptors (Lipinski definition) is 19. The number of carbonyl (C=O) groups excluding carboxylic acids is 1. The molecule has 4 N–H and O–H groups in total. The van der Waals surface area contributed by atoms with Crippen LogP contribution in [-0.4, -0.2) is 159 Å². The molecule has 9 heterocycles. The molecule has 5 aliphatic heterocycles. The summed E-state index contributed by atoms with van der Waals surface area (Å²) >= 11 is 1.81. The molecule has 3 atom stereocenters. The van der Waals surface area contributed by atoms with E-state index in [1.165, 1.54) is 23.3 Å². The van der Waals surface area contributed by atoms with E-state index in [1.54, 1.807) is 13.2 Å². The molecular formula is C63H79N11O10S2. The van der Waals surface area contributed by atoms with E-state index in [2.05, 4.69) is 70.2 Å². The molecule has 4 aromatic heterocycles. The average Bonchev–Trinajstić information content (AvgIpc) is 1.59. The molecule has 2 aliphatic carbocycles. The number of piperazine rings is 1. The Morgan fingerprint density at radius 2 is 1.74 bits per heavy atom. The lowest BCUT2D eigenvalue weighted by Crippen LogP contribution is -2.59. The van der Waals surface area contributed by atoms with Gasteiger partial charge in [-0.2, -0.15) is 16.3 Å². The highest BCUT2D eigenvalue weighted by molar-refractivity contribution is 7.90. The Hall–Kier alpha value is -6.60. The second-order valence-electron chi connectivity index (χ2n) is 25.5. The number of hydrogen-bond donors (Lipinski definition) is 4. The Labute approximate surface area is 506 Å². The topological polar surface area (TPSA) is 233 Å². The van der Waals surface area contributed by atoms with Crippen LogP contribution in [0, 0.1) is 21.4 Å². The number of anilines is 5. The van der Waals surface area contributed by atoms with Crippen molar-refractivity contribution < 1.29 is 42.2 Å². The molecule has 6 fully saturated rings. The predicted octanol–water partition coefficient (Wildman–Crippen LogP) is 9.36. The van der Waals surface area contributed by atoms with Gasteiger partial charge >= 0.3 is 0 Å². The van der Waals surface area contributed by atoms with Crippen LogP contribution in [0.1, 0.15) is 118 Å². The zero-order chi connectivity index (χ0) is 59.5. The summed E-state index contributed by atoms with van der Waals surface area (Å²) < 4.78 is 55.0. The number of piperidine rings is 1. The SMILES string of the molecule is COc1cc(CN2CCN(C3CC4(CCN(c5ccc(C(=O)NS(=O)(=O)c6ccc(NC[C@H]7CC[C@](C)(O)CC7)c([N+](=O)[O-])c6)c(N6c7cc8cc[nH]c8nc7O[C@H]7COCC[C@@H]76)c5)CC4)C3)[C@H](c3cscc3C(C)C)C2)cnc1N1CCOCC1. The van der Waals surface area contributed by atoms with Crippen LogP contribution in [0.5, 0.6) is 11.6 Å². The number of carbonyl (C=O) groups is 1. The fraction of sp³-hybridized carbons (Fsp3) is 0.540. The maximum atomic E-state index is 14.9. The third kappa shape index (κ3) is 11.7. The molecule has 1 amide bonds. The van der Waals surface area contributed by atoms with Crippen LogP contribution >= 0.6 is 11.3 Å². The zero-order valence-electron chi connectivity index (χ0n) is 49.5. The Bertz CT molecular complexity index is 3580. The number of sulfonamides is 1. The van der Waals surface area contributed by atoms with Gasteiger partial charge in [-0.25, -0.2) is 18.1 Å². The number of H-pyrrole nitrogens is 1. The number of pyridine rings is 2. The highest BCUT2D eigenvalue weighted by Crippen LogP contribution is 2.54. The summed E-state index contributed by atoms with van der Waals surface area (Å²) in [5, 5.41) is 31.6. The molecule has 458 valence electrons. The molecule has 23 heteroatoms. The molecule has 0 radical (unpaired) electrons. The number of nitro benzene ring substituents is 1. The number of benzene rings is 2. The third-order valence-electron chi connectivity index (χ3n) is 19.6. The second-order valence-corrected chi connectivity index (χ2v) is 27.9. The standard InChI is InChI=1S/C63H79N11O10S2/c1-40(2)48-38-85-39-49(48)55-36-69(35-42-27-56(81-4)59(66-34-42)71-22-25-82-26-23-71)20-21-72(55)45-31-63(32-45)15-18-70(19-16-63)44-5-7-47(52(29-44)73-51-12-24-83-37-57(51)84-61-54(73)28-43-11-17-64-58(43)67-61)60(75)68-86(79,80)46-6-8-50(53(30-46)74(77)78)65-33-41-9-13-62(3,76)14-10-41/h5-8,11,17,27-30,34,38-41,45,51,55,57,65,76H,9-10,12-16,18-26,31-33,35-37H2,1-4H3,(H,64,67)(H,68,75)/t41-,51-,55-,57-,62-/m0/s1. The number of aliphatic hydroxyl groups is 1. The molecule has 6 aromatic rings. The number of aromatic nitrogens is 3. The van der Waals surface area contributed by atoms with Crippen LogP contribution in [0.15, 0.2) is 82.6 Å². The van der Waals surface area contributed by atoms with Gasteiger partial charge in [0, 0.05) is 107 Å². The lowest BCUT2D eigenvalue weighted by molar-refractivity contribution is -0.384. The fourth-order valence-electron chi connectivity index (χ4n) is 14.6. The zero-order valence-corrected chi connectivity index (χ0v) is 51.2. The lowest BCUT2D eigenvalue weighted by Gasteiger charge is -2.58. The van der Waals surface area contributed by atoms with Crippen molar-refractivity contribution in [2.24, 2.45) is 11.3 Å². The molecule has 7 aliphatic rings. The summed E-state index contributed by atoms with van der Waals surface area (Å²) in [6, 6.07) is 15.8. The van der Waals surface area contributed by atoms with E-state index >= 15 is 0 Å². The van der Waals surface area contributed by atoms with Crippen molar-refractivity contribution in [1.29, 1.82) is 0 Å². The van der Waals surface area contributed by atoms with E-state index in [0.717, 1.165) is 125 Å². The summed E-state index contributed by atoms with van der Waals surface area (Å²) in [5.41, 5.74) is 6.06. The summed E-state index contributed by atoms with van der Waals surface area (Å²) in [6.07, 6.45) is 11.0. The van der Waals surface area contributed by atoms with Crippen molar-refractivity contribution >= 4 is 72.6 Å². The summed E-state index contributed by atoms with van der Waals surface area (Å²) in [6.45, 7) is 15.8.